The number of esters is 1. The fraction of sp³-hybridized carbons (Fsp3) is 0.167. The maximum Gasteiger partial charge on any atom is 0.373 e. The molecule has 2 rings (SSSR count). The summed E-state index contributed by atoms with van der Waals surface area (Å²) in [5.74, 6) is -0.194. The van der Waals surface area contributed by atoms with Crippen LogP contribution in [-0.2, 0) is 9.53 Å². The minimum absolute atomic E-state index is 0.0543. The number of aliphatic hydroxyl groups excluding tert-OH is 1. The molecule has 1 N–H and O–H groups in total. The van der Waals surface area contributed by atoms with Crippen LogP contribution in [0.15, 0.2) is 54.3 Å². The molecule has 5 heteroatoms. The zero-order valence-electron chi connectivity index (χ0n) is 12.9. The summed E-state index contributed by atoms with van der Waals surface area (Å²) in [6, 6.07) is 13.1. The molecule has 0 saturated heterocycles. The van der Waals surface area contributed by atoms with Crippen LogP contribution in [0, 0.1) is 6.92 Å². The molecule has 0 saturated carbocycles. The van der Waals surface area contributed by atoms with Gasteiger partial charge in [0.15, 0.2) is 0 Å². The zero-order chi connectivity index (χ0) is 16.8. The fourth-order valence-corrected chi connectivity index (χ4v) is 2.22. The highest BCUT2D eigenvalue weighted by Gasteiger charge is 2.14. The monoisotopic (exact) mass is 332 g/mol. The summed E-state index contributed by atoms with van der Waals surface area (Å²) in [6.45, 7) is 1.54. The van der Waals surface area contributed by atoms with E-state index in [-0.39, 0.29) is 12.4 Å². The Morgan fingerprint density at radius 2 is 1.96 bits per heavy atom. The van der Waals surface area contributed by atoms with E-state index in [1.165, 1.54) is 13.2 Å². The summed E-state index contributed by atoms with van der Waals surface area (Å²) < 4.78 is 10.3. The third-order valence-electron chi connectivity index (χ3n) is 3.23. The molecule has 2 aromatic rings. The largest absolute Gasteiger partial charge is 0.463 e. The second kappa shape index (κ2) is 7.81. The van der Waals surface area contributed by atoms with Crippen LogP contribution in [-0.4, -0.2) is 24.8 Å². The Bertz CT molecular complexity index is 738. The summed E-state index contributed by atoms with van der Waals surface area (Å²) in [6.07, 6.45) is 1.26. The lowest BCUT2D eigenvalue weighted by molar-refractivity contribution is -0.138. The van der Waals surface area contributed by atoms with Crippen LogP contribution >= 0.6 is 11.6 Å². The first-order valence-electron chi connectivity index (χ1n) is 6.99. The molecule has 0 aliphatic heterocycles. The summed E-state index contributed by atoms with van der Waals surface area (Å²) in [5.41, 5.74) is 2.69. The second-order valence-electron chi connectivity index (χ2n) is 4.84. The van der Waals surface area contributed by atoms with Gasteiger partial charge in [-0.15, -0.1) is 0 Å². The minimum Gasteiger partial charge on any atom is -0.463 e. The number of aliphatic hydroxyl groups is 1. The number of ether oxygens (including phenoxy) is 2. The second-order valence-corrected chi connectivity index (χ2v) is 5.27. The van der Waals surface area contributed by atoms with Crippen LogP contribution in [0.4, 0.5) is 0 Å². The predicted octanol–water partition coefficient (Wildman–Crippen LogP) is 3.74. The maximum atomic E-state index is 11.7. The Labute approximate surface area is 139 Å². The Morgan fingerprint density at radius 1 is 1.22 bits per heavy atom. The molecular formula is C18H17ClO4. The molecule has 0 atom stereocenters. The smallest absolute Gasteiger partial charge is 0.373 e. The average Bonchev–Trinajstić information content (AvgIpc) is 2.55. The van der Waals surface area contributed by atoms with Gasteiger partial charge in [0.25, 0.3) is 0 Å². The fourth-order valence-electron chi connectivity index (χ4n) is 2.03. The Morgan fingerprint density at radius 3 is 2.61 bits per heavy atom. The minimum atomic E-state index is -0.647. The number of hydrogen-bond acceptors (Lipinski definition) is 4. The molecule has 120 valence electrons. The quantitative estimate of drug-likeness (QED) is 0.515. The number of carbonyl (C=O) groups is 1. The summed E-state index contributed by atoms with van der Waals surface area (Å²) >= 11 is 6.02. The Hall–Kier alpha value is -2.30. The van der Waals surface area contributed by atoms with Crippen molar-refractivity contribution in [1.82, 2.24) is 0 Å². The highest BCUT2D eigenvalue weighted by Crippen LogP contribution is 2.29. The molecule has 0 aliphatic rings. The van der Waals surface area contributed by atoms with Crippen LogP contribution in [0.2, 0.25) is 5.02 Å². The zero-order valence-corrected chi connectivity index (χ0v) is 13.6. The Balaban J connectivity index is 2.37. The lowest BCUT2D eigenvalue weighted by atomic mass is 10.0. The van der Waals surface area contributed by atoms with Gasteiger partial charge in [-0.05, 0) is 47.9 Å². The van der Waals surface area contributed by atoms with Gasteiger partial charge >= 0.3 is 5.97 Å². The molecule has 23 heavy (non-hydrogen) atoms. The number of aryl methyl sites for hydroxylation is 1. The van der Waals surface area contributed by atoms with Crippen molar-refractivity contribution in [3.05, 3.63) is 64.9 Å². The summed E-state index contributed by atoms with van der Waals surface area (Å²) in [4.78, 5) is 11.7. The number of methoxy groups -OCH3 is 1. The van der Waals surface area contributed by atoms with Crippen molar-refractivity contribution in [2.24, 2.45) is 0 Å². The van der Waals surface area contributed by atoms with Gasteiger partial charge in [-0.25, -0.2) is 4.79 Å². The van der Waals surface area contributed by atoms with Gasteiger partial charge < -0.3 is 14.6 Å². The van der Waals surface area contributed by atoms with Crippen LogP contribution in [0.25, 0.3) is 11.1 Å². The van der Waals surface area contributed by atoms with Crippen LogP contribution in [0.5, 0.6) is 5.75 Å². The van der Waals surface area contributed by atoms with Crippen molar-refractivity contribution < 1.29 is 19.4 Å². The molecule has 0 amide bonds. The van der Waals surface area contributed by atoms with Gasteiger partial charge in [-0.3, -0.25) is 0 Å². The first-order valence-corrected chi connectivity index (χ1v) is 7.36. The third-order valence-corrected chi connectivity index (χ3v) is 3.46. The maximum absolute atomic E-state index is 11.7. The molecule has 0 fully saturated rings. The van der Waals surface area contributed by atoms with E-state index in [1.807, 2.05) is 43.3 Å². The van der Waals surface area contributed by atoms with Gasteiger partial charge in [0.05, 0.1) is 13.7 Å². The molecule has 0 unspecified atom stereocenters. The molecule has 0 spiro atoms. The van der Waals surface area contributed by atoms with E-state index >= 15 is 0 Å². The lowest BCUT2D eigenvalue weighted by Gasteiger charge is -2.12. The van der Waals surface area contributed by atoms with Crippen molar-refractivity contribution >= 4 is 17.6 Å². The van der Waals surface area contributed by atoms with E-state index in [0.29, 0.717) is 10.8 Å². The van der Waals surface area contributed by atoms with Gasteiger partial charge in [0.1, 0.15) is 5.75 Å². The number of benzene rings is 2. The summed E-state index contributed by atoms with van der Waals surface area (Å²) in [5, 5.41) is 9.65. The first-order chi connectivity index (χ1) is 11.0. The number of rotatable bonds is 5. The van der Waals surface area contributed by atoms with E-state index in [9.17, 15) is 4.79 Å². The molecule has 0 aromatic heterocycles. The number of halogens is 1. The molecule has 0 radical (unpaired) electrons. The van der Waals surface area contributed by atoms with E-state index in [0.717, 1.165) is 16.7 Å². The highest BCUT2D eigenvalue weighted by molar-refractivity contribution is 6.30. The van der Waals surface area contributed by atoms with Gasteiger partial charge in [0, 0.05) is 5.02 Å². The Kier molecular flexibility index (Phi) is 5.79. The lowest BCUT2D eigenvalue weighted by Crippen LogP contribution is -2.12. The van der Waals surface area contributed by atoms with E-state index < -0.39 is 5.97 Å². The summed E-state index contributed by atoms with van der Waals surface area (Å²) in [7, 11) is 1.26. The molecule has 4 nitrogen and oxygen atoms in total. The molecule has 0 heterocycles. The van der Waals surface area contributed by atoms with Crippen LogP contribution in [0.3, 0.4) is 0 Å². The van der Waals surface area contributed by atoms with Crippen molar-refractivity contribution in [3.8, 4) is 16.9 Å². The van der Waals surface area contributed by atoms with Crippen molar-refractivity contribution in [3.63, 3.8) is 0 Å². The van der Waals surface area contributed by atoms with Gasteiger partial charge in [-0.2, -0.15) is 0 Å². The number of hydrogen-bond donors (Lipinski definition) is 1. The van der Waals surface area contributed by atoms with Crippen LogP contribution in [0.1, 0.15) is 5.56 Å². The normalized spacial score (nSPS) is 11.2. The van der Waals surface area contributed by atoms with Gasteiger partial charge in [-0.1, -0.05) is 35.9 Å². The molecule has 0 aliphatic carbocycles. The molecule has 0 bridgehead atoms. The van der Waals surface area contributed by atoms with Crippen molar-refractivity contribution in [1.29, 1.82) is 0 Å². The topological polar surface area (TPSA) is 55.8 Å². The number of carbonyl (C=O) groups excluding carboxylic acids is 1. The average molecular weight is 333 g/mol. The first kappa shape index (κ1) is 17.1. The third kappa shape index (κ3) is 4.34. The SMILES string of the molecule is COC(=O)/C(=C/CO)Oc1cc(-c2cccc(Cl)c2)ccc1C. The molecule has 2 aromatic carbocycles. The standard InChI is InChI=1S/C18H17ClO4/c1-12-6-7-14(13-4-3-5-15(19)10-13)11-17(12)23-16(8-9-20)18(21)22-2/h3-8,10-11,20H,9H2,1-2H3/b16-8-. The van der Waals surface area contributed by atoms with Crippen LogP contribution < -0.4 is 4.74 Å². The van der Waals surface area contributed by atoms with E-state index in [1.54, 1.807) is 6.07 Å². The van der Waals surface area contributed by atoms with Crippen molar-refractivity contribution in [2.45, 2.75) is 6.92 Å². The highest BCUT2D eigenvalue weighted by atomic mass is 35.5. The molecular weight excluding hydrogens is 316 g/mol. The van der Waals surface area contributed by atoms with Crippen molar-refractivity contribution in [2.75, 3.05) is 13.7 Å². The van der Waals surface area contributed by atoms with E-state index in [4.69, 9.17) is 21.4 Å². The van der Waals surface area contributed by atoms with E-state index in [2.05, 4.69) is 4.74 Å². The predicted molar refractivity (Wildman–Crippen MR) is 89.4 cm³/mol. The van der Waals surface area contributed by atoms with Gasteiger partial charge in [0.2, 0.25) is 5.76 Å².